The fourth-order valence-electron chi connectivity index (χ4n) is 1.54. The molecule has 1 heterocycles. The summed E-state index contributed by atoms with van der Waals surface area (Å²) in [6.07, 6.45) is -2.94. The van der Waals surface area contributed by atoms with E-state index in [1.165, 1.54) is 18.4 Å². The van der Waals surface area contributed by atoms with Gasteiger partial charge in [-0.3, -0.25) is 0 Å². The number of halogens is 3. The van der Waals surface area contributed by atoms with Gasteiger partial charge in [-0.2, -0.15) is 18.4 Å². The summed E-state index contributed by atoms with van der Waals surface area (Å²) in [4.78, 5) is 0. The average molecular weight is 266 g/mol. The molecule has 0 bridgehead atoms. The van der Waals surface area contributed by atoms with Crippen LogP contribution in [0.5, 0.6) is 0 Å². The van der Waals surface area contributed by atoms with Gasteiger partial charge in [-0.15, -0.1) is 0 Å². The molecule has 1 aromatic carbocycles. The van der Waals surface area contributed by atoms with Crippen LogP contribution in [-0.4, -0.2) is 0 Å². The topological polar surface area (TPSA) is 49.0 Å². The third kappa shape index (κ3) is 3.07. The van der Waals surface area contributed by atoms with Gasteiger partial charge in [-0.25, -0.2) is 0 Å². The van der Waals surface area contributed by atoms with E-state index >= 15 is 0 Å². The van der Waals surface area contributed by atoms with E-state index in [-0.39, 0.29) is 0 Å². The summed E-state index contributed by atoms with van der Waals surface area (Å²) in [5.41, 5.74) is -0.319. The van der Waals surface area contributed by atoms with Gasteiger partial charge in [0.25, 0.3) is 0 Å². The Kier molecular flexibility index (Phi) is 3.47. The summed E-state index contributed by atoms with van der Waals surface area (Å²) in [7, 11) is 0. The molecule has 1 unspecified atom stereocenters. The van der Waals surface area contributed by atoms with Crippen LogP contribution in [0.2, 0.25) is 0 Å². The highest BCUT2D eigenvalue weighted by Gasteiger charge is 2.30. The SMILES string of the molecule is N#CC(Nc1ccc(C(F)(F)F)cc1)c1ccco1. The Hall–Kier alpha value is -2.42. The first-order chi connectivity index (χ1) is 9.00. The molecule has 2 aromatic rings. The number of hydrogen-bond acceptors (Lipinski definition) is 3. The van der Waals surface area contributed by atoms with Gasteiger partial charge in [0.15, 0.2) is 6.04 Å². The Morgan fingerprint density at radius 3 is 2.32 bits per heavy atom. The second-order valence-electron chi connectivity index (χ2n) is 3.80. The number of alkyl halides is 3. The van der Waals surface area contributed by atoms with Gasteiger partial charge < -0.3 is 9.73 Å². The smallest absolute Gasteiger partial charge is 0.416 e. The summed E-state index contributed by atoms with van der Waals surface area (Å²) in [6, 6.07) is 8.94. The van der Waals surface area contributed by atoms with E-state index in [0.717, 1.165) is 12.1 Å². The van der Waals surface area contributed by atoms with Gasteiger partial charge >= 0.3 is 6.18 Å². The van der Waals surface area contributed by atoms with Gasteiger partial charge in [0.2, 0.25) is 0 Å². The van der Waals surface area contributed by atoms with Crippen molar-refractivity contribution in [1.29, 1.82) is 5.26 Å². The molecule has 0 aliphatic carbocycles. The number of benzene rings is 1. The van der Waals surface area contributed by atoms with Crippen LogP contribution in [0.3, 0.4) is 0 Å². The van der Waals surface area contributed by atoms with E-state index in [9.17, 15) is 13.2 Å². The predicted molar refractivity (Wildman–Crippen MR) is 62.1 cm³/mol. The summed E-state index contributed by atoms with van der Waals surface area (Å²) in [6.45, 7) is 0. The van der Waals surface area contributed by atoms with Crippen molar-refractivity contribution in [1.82, 2.24) is 0 Å². The minimum Gasteiger partial charge on any atom is -0.466 e. The minimum atomic E-state index is -4.37. The van der Waals surface area contributed by atoms with Crippen molar-refractivity contribution >= 4 is 5.69 Å². The van der Waals surface area contributed by atoms with Crippen molar-refractivity contribution in [3.8, 4) is 6.07 Å². The maximum absolute atomic E-state index is 12.4. The number of nitrogens with zero attached hydrogens (tertiary/aromatic N) is 1. The fraction of sp³-hybridized carbons (Fsp3) is 0.154. The molecule has 19 heavy (non-hydrogen) atoms. The second-order valence-corrected chi connectivity index (χ2v) is 3.80. The van der Waals surface area contributed by atoms with E-state index in [0.29, 0.717) is 11.4 Å². The van der Waals surface area contributed by atoms with Crippen LogP contribution in [0.4, 0.5) is 18.9 Å². The highest BCUT2D eigenvalue weighted by molar-refractivity contribution is 5.48. The molecule has 0 saturated carbocycles. The first-order valence-corrected chi connectivity index (χ1v) is 5.37. The average Bonchev–Trinajstić information content (AvgIpc) is 2.89. The zero-order valence-electron chi connectivity index (χ0n) is 9.61. The number of anilines is 1. The quantitative estimate of drug-likeness (QED) is 0.914. The van der Waals surface area contributed by atoms with Crippen molar-refractivity contribution in [2.75, 3.05) is 5.32 Å². The van der Waals surface area contributed by atoms with Gasteiger partial charge in [-0.1, -0.05) is 0 Å². The number of nitrogens with one attached hydrogen (secondary N) is 1. The first kappa shape index (κ1) is 13.0. The van der Waals surface area contributed by atoms with E-state index in [2.05, 4.69) is 5.32 Å². The molecule has 0 fully saturated rings. The van der Waals surface area contributed by atoms with Crippen molar-refractivity contribution < 1.29 is 17.6 Å². The lowest BCUT2D eigenvalue weighted by atomic mass is 10.1. The van der Waals surface area contributed by atoms with Crippen LogP contribution in [0.25, 0.3) is 0 Å². The van der Waals surface area contributed by atoms with Crippen molar-refractivity contribution in [2.45, 2.75) is 12.2 Å². The molecule has 0 spiro atoms. The molecular weight excluding hydrogens is 257 g/mol. The molecule has 0 aliphatic heterocycles. The lowest BCUT2D eigenvalue weighted by molar-refractivity contribution is -0.137. The molecule has 0 aliphatic rings. The van der Waals surface area contributed by atoms with Crippen LogP contribution >= 0.6 is 0 Å². The van der Waals surface area contributed by atoms with Crippen molar-refractivity contribution in [3.63, 3.8) is 0 Å². The summed E-state index contributed by atoms with van der Waals surface area (Å²) >= 11 is 0. The molecule has 2 rings (SSSR count). The first-order valence-electron chi connectivity index (χ1n) is 5.37. The molecule has 1 N–H and O–H groups in total. The molecule has 1 aromatic heterocycles. The zero-order valence-corrected chi connectivity index (χ0v) is 9.61. The van der Waals surface area contributed by atoms with Crippen LogP contribution in [0.1, 0.15) is 17.4 Å². The number of nitriles is 1. The second kappa shape index (κ2) is 5.06. The van der Waals surface area contributed by atoms with Crippen molar-refractivity contribution in [2.24, 2.45) is 0 Å². The summed E-state index contributed by atoms with van der Waals surface area (Å²) < 4.78 is 42.2. The fourth-order valence-corrected chi connectivity index (χ4v) is 1.54. The molecular formula is C13H9F3N2O. The molecule has 0 radical (unpaired) electrons. The van der Waals surface area contributed by atoms with Crippen molar-refractivity contribution in [3.05, 3.63) is 54.0 Å². The number of furan rings is 1. The zero-order chi connectivity index (χ0) is 13.9. The van der Waals surface area contributed by atoms with Gasteiger partial charge in [0, 0.05) is 5.69 Å². The van der Waals surface area contributed by atoms with Gasteiger partial charge in [-0.05, 0) is 36.4 Å². The van der Waals surface area contributed by atoms with E-state index < -0.39 is 17.8 Å². The van der Waals surface area contributed by atoms with E-state index in [1.54, 1.807) is 12.1 Å². The van der Waals surface area contributed by atoms with Gasteiger partial charge in [0.05, 0.1) is 17.9 Å². The highest BCUT2D eigenvalue weighted by Crippen LogP contribution is 2.30. The van der Waals surface area contributed by atoms with Crippen LogP contribution in [-0.2, 0) is 6.18 Å². The Balaban J connectivity index is 2.14. The Bertz CT molecular complexity index is 567. The van der Waals surface area contributed by atoms with Crippen LogP contribution in [0, 0.1) is 11.3 Å². The molecule has 0 amide bonds. The highest BCUT2D eigenvalue weighted by atomic mass is 19.4. The number of rotatable bonds is 3. The largest absolute Gasteiger partial charge is 0.466 e. The third-order valence-electron chi connectivity index (χ3n) is 2.48. The van der Waals surface area contributed by atoms with Crippen LogP contribution < -0.4 is 5.32 Å². The lowest BCUT2D eigenvalue weighted by Gasteiger charge is -2.12. The lowest BCUT2D eigenvalue weighted by Crippen LogP contribution is -2.08. The maximum atomic E-state index is 12.4. The standard InChI is InChI=1S/C13H9F3N2O/c14-13(15,16)9-3-5-10(6-4-9)18-11(8-17)12-2-1-7-19-12/h1-7,11,18H. The summed E-state index contributed by atoms with van der Waals surface area (Å²) in [5.74, 6) is 0.405. The Labute approximate surface area is 107 Å². The van der Waals surface area contributed by atoms with E-state index in [1.807, 2.05) is 6.07 Å². The predicted octanol–water partition coefficient (Wildman–Crippen LogP) is 3.98. The Morgan fingerprint density at radius 1 is 1.16 bits per heavy atom. The molecule has 1 atom stereocenters. The summed E-state index contributed by atoms with van der Waals surface area (Å²) in [5, 5.41) is 11.8. The number of hydrogen-bond donors (Lipinski definition) is 1. The van der Waals surface area contributed by atoms with Crippen LogP contribution in [0.15, 0.2) is 47.1 Å². The molecule has 3 nitrogen and oxygen atoms in total. The Morgan fingerprint density at radius 2 is 1.84 bits per heavy atom. The molecule has 98 valence electrons. The maximum Gasteiger partial charge on any atom is 0.416 e. The molecule has 0 saturated heterocycles. The minimum absolute atomic E-state index is 0.405. The van der Waals surface area contributed by atoms with E-state index in [4.69, 9.17) is 9.68 Å². The third-order valence-corrected chi connectivity index (χ3v) is 2.48. The molecule has 6 heteroatoms. The van der Waals surface area contributed by atoms with Gasteiger partial charge in [0.1, 0.15) is 5.76 Å². The normalized spacial score (nSPS) is 12.7. The monoisotopic (exact) mass is 266 g/mol.